The van der Waals surface area contributed by atoms with Gasteiger partial charge in [-0.25, -0.2) is 0 Å². The smallest absolute Gasteiger partial charge is 0.0701 e. The summed E-state index contributed by atoms with van der Waals surface area (Å²) in [7, 11) is 0. The minimum atomic E-state index is 0.515. The highest BCUT2D eigenvalue weighted by atomic mass is 79.9. The number of alkyl halides is 1. The zero-order chi connectivity index (χ0) is 39.5. The molecule has 14 heteroatoms. The number of hydrogen-bond acceptors (Lipinski definition) is 13. The van der Waals surface area contributed by atoms with Gasteiger partial charge in [0.25, 0.3) is 0 Å². The third-order valence-corrected chi connectivity index (χ3v) is 8.40. The third kappa shape index (κ3) is 54.0. The number of unbranched alkanes of at least 4 members (excludes halogenated alkanes) is 12. The first-order valence-electron chi connectivity index (χ1n) is 21.5. The summed E-state index contributed by atoms with van der Waals surface area (Å²) in [5.41, 5.74) is 0. The van der Waals surface area contributed by atoms with Gasteiger partial charge in [0.2, 0.25) is 0 Å². The number of ether oxygens (including phenoxy) is 13. The molecule has 0 aliphatic carbocycles. The highest BCUT2D eigenvalue weighted by Crippen LogP contribution is 2.12. The fraction of sp³-hybridized carbons (Fsp3) is 1.00. The van der Waals surface area contributed by atoms with E-state index in [0.29, 0.717) is 165 Å². The molecule has 0 atom stereocenters. The van der Waals surface area contributed by atoms with E-state index in [9.17, 15) is 0 Å². The van der Waals surface area contributed by atoms with Gasteiger partial charge in [0, 0.05) is 11.9 Å². The van der Waals surface area contributed by atoms with E-state index in [1.807, 2.05) is 0 Å². The molecule has 0 saturated carbocycles. The van der Waals surface area contributed by atoms with Gasteiger partial charge in [-0.05, 0) is 6.42 Å². The zero-order valence-electron chi connectivity index (χ0n) is 35.0. The molecular weight excluding hydrogens is 780 g/mol. The van der Waals surface area contributed by atoms with Gasteiger partial charge < -0.3 is 61.6 Å². The molecule has 0 aromatic rings. The Morgan fingerprint density at radius 2 is 0.364 bits per heavy atom. The molecule has 0 N–H and O–H groups in total. The maximum absolute atomic E-state index is 5.68. The van der Waals surface area contributed by atoms with Crippen molar-refractivity contribution in [3.8, 4) is 0 Å². The fourth-order valence-corrected chi connectivity index (χ4v) is 5.25. The van der Waals surface area contributed by atoms with Crippen LogP contribution in [0.15, 0.2) is 0 Å². The number of rotatable bonds is 52. The van der Waals surface area contributed by atoms with Crippen molar-refractivity contribution in [3.63, 3.8) is 0 Å². The second kappa shape index (κ2) is 54.0. The van der Waals surface area contributed by atoms with Crippen LogP contribution in [-0.4, -0.2) is 177 Å². The first kappa shape index (κ1) is 55.0. The normalized spacial score (nSPS) is 11.7. The molecule has 0 fully saturated rings. The van der Waals surface area contributed by atoms with E-state index < -0.39 is 0 Å². The van der Waals surface area contributed by atoms with Gasteiger partial charge in [-0.15, -0.1) is 0 Å². The summed E-state index contributed by atoms with van der Waals surface area (Å²) < 4.78 is 71.5. The Morgan fingerprint density at radius 3 is 0.564 bits per heavy atom. The van der Waals surface area contributed by atoms with Crippen molar-refractivity contribution in [2.24, 2.45) is 0 Å². The lowest BCUT2D eigenvalue weighted by Crippen LogP contribution is -2.15. The van der Waals surface area contributed by atoms with Crippen LogP contribution in [0.25, 0.3) is 0 Å². The second-order valence-corrected chi connectivity index (χ2v) is 13.7. The van der Waals surface area contributed by atoms with Crippen molar-refractivity contribution < 1.29 is 61.6 Å². The van der Waals surface area contributed by atoms with Crippen LogP contribution in [0, 0.1) is 0 Å². The minimum Gasteiger partial charge on any atom is -0.379 e. The Kier molecular flexibility index (Phi) is 53.9. The van der Waals surface area contributed by atoms with E-state index in [-0.39, 0.29) is 0 Å². The summed E-state index contributed by atoms with van der Waals surface area (Å²) in [6, 6.07) is 0. The largest absolute Gasteiger partial charge is 0.379 e. The molecule has 13 nitrogen and oxygen atoms in total. The van der Waals surface area contributed by atoms with Crippen LogP contribution in [0.1, 0.15) is 90.4 Å². The standard InChI is InChI=1S/C41H83BrO13/c1-2-3-4-5-6-7-8-9-10-11-12-13-14-16-43-18-20-45-22-24-47-26-28-49-30-32-51-34-36-53-38-40-55-41-39-54-37-35-52-33-31-50-29-27-48-25-23-46-21-19-44-17-15-42/h2-41H2,1H3. The minimum absolute atomic E-state index is 0.515. The lowest BCUT2D eigenvalue weighted by molar-refractivity contribution is -0.0289. The summed E-state index contributed by atoms with van der Waals surface area (Å²) in [5.74, 6) is 0. The Morgan fingerprint density at radius 1 is 0.200 bits per heavy atom. The molecule has 0 unspecified atom stereocenters. The van der Waals surface area contributed by atoms with Crippen molar-refractivity contribution in [1.29, 1.82) is 0 Å². The summed E-state index contributed by atoms with van der Waals surface area (Å²) in [4.78, 5) is 0. The van der Waals surface area contributed by atoms with Crippen LogP contribution in [0.2, 0.25) is 0 Å². The van der Waals surface area contributed by atoms with Crippen molar-refractivity contribution in [2.45, 2.75) is 90.4 Å². The second-order valence-electron chi connectivity index (χ2n) is 12.9. The summed E-state index contributed by atoms with van der Waals surface area (Å²) in [6.45, 7) is 16.9. The van der Waals surface area contributed by atoms with Crippen molar-refractivity contribution >= 4 is 15.9 Å². The highest BCUT2D eigenvalue weighted by molar-refractivity contribution is 9.09. The van der Waals surface area contributed by atoms with E-state index in [4.69, 9.17) is 61.6 Å². The van der Waals surface area contributed by atoms with E-state index in [2.05, 4.69) is 22.9 Å². The van der Waals surface area contributed by atoms with E-state index in [1.165, 1.54) is 77.0 Å². The molecule has 55 heavy (non-hydrogen) atoms. The van der Waals surface area contributed by atoms with Crippen LogP contribution >= 0.6 is 15.9 Å². The van der Waals surface area contributed by atoms with Gasteiger partial charge >= 0.3 is 0 Å². The number of halogens is 1. The molecule has 0 bridgehead atoms. The maximum atomic E-state index is 5.68. The van der Waals surface area contributed by atoms with Crippen molar-refractivity contribution in [2.75, 3.05) is 177 Å². The van der Waals surface area contributed by atoms with E-state index in [1.54, 1.807) is 0 Å². The Hall–Kier alpha value is -0.0400. The van der Waals surface area contributed by atoms with Crippen LogP contribution in [0.4, 0.5) is 0 Å². The molecule has 332 valence electrons. The molecular formula is C41H83BrO13. The Bertz CT molecular complexity index is 605. The fourth-order valence-electron chi connectivity index (χ4n) is 5.02. The Balaban J connectivity index is 3.05. The van der Waals surface area contributed by atoms with Gasteiger partial charge in [0.15, 0.2) is 0 Å². The third-order valence-electron chi connectivity index (χ3n) is 8.08. The van der Waals surface area contributed by atoms with Gasteiger partial charge in [0.05, 0.1) is 165 Å². The van der Waals surface area contributed by atoms with Crippen LogP contribution in [0.5, 0.6) is 0 Å². The molecule has 0 radical (unpaired) electrons. The zero-order valence-corrected chi connectivity index (χ0v) is 36.6. The average molecular weight is 864 g/mol. The first-order valence-corrected chi connectivity index (χ1v) is 22.6. The van der Waals surface area contributed by atoms with Gasteiger partial charge in [-0.2, -0.15) is 0 Å². The predicted octanol–water partition coefficient (Wildman–Crippen LogP) is 6.69. The SMILES string of the molecule is CCCCCCCCCCCCCCCOCCOCCOCCOCCOCCOCCOCCOCCOCCOCCOCCOCCOCCBr. The Labute approximate surface area is 344 Å². The van der Waals surface area contributed by atoms with E-state index in [0.717, 1.165) is 18.4 Å². The maximum Gasteiger partial charge on any atom is 0.0701 e. The molecule has 0 aromatic heterocycles. The lowest BCUT2D eigenvalue weighted by Gasteiger charge is -2.09. The molecule has 0 aliphatic rings. The van der Waals surface area contributed by atoms with Crippen LogP contribution in [-0.2, 0) is 61.6 Å². The van der Waals surface area contributed by atoms with Crippen molar-refractivity contribution in [3.05, 3.63) is 0 Å². The molecule has 0 amide bonds. The molecule has 0 saturated heterocycles. The molecule has 0 heterocycles. The van der Waals surface area contributed by atoms with Gasteiger partial charge in [-0.1, -0.05) is 99.9 Å². The van der Waals surface area contributed by atoms with Gasteiger partial charge in [0.1, 0.15) is 0 Å². The quantitative estimate of drug-likeness (QED) is 0.0478. The highest BCUT2D eigenvalue weighted by Gasteiger charge is 1.98. The van der Waals surface area contributed by atoms with Gasteiger partial charge in [-0.3, -0.25) is 0 Å². The monoisotopic (exact) mass is 863 g/mol. The topological polar surface area (TPSA) is 120 Å². The number of hydrogen-bond donors (Lipinski definition) is 0. The summed E-state index contributed by atoms with van der Waals surface area (Å²) >= 11 is 3.31. The summed E-state index contributed by atoms with van der Waals surface area (Å²) in [5, 5.41) is 0.838. The first-order chi connectivity index (χ1) is 27.4. The predicted molar refractivity (Wildman–Crippen MR) is 220 cm³/mol. The average Bonchev–Trinajstić information content (AvgIpc) is 3.20. The van der Waals surface area contributed by atoms with Crippen LogP contribution < -0.4 is 0 Å². The molecule has 0 aromatic carbocycles. The van der Waals surface area contributed by atoms with E-state index >= 15 is 0 Å². The summed E-state index contributed by atoms with van der Waals surface area (Å²) in [6.07, 6.45) is 17.8. The molecule has 0 spiro atoms. The van der Waals surface area contributed by atoms with Crippen LogP contribution in [0.3, 0.4) is 0 Å². The molecule has 0 rings (SSSR count). The molecule has 0 aliphatic heterocycles. The lowest BCUT2D eigenvalue weighted by atomic mass is 10.0. The van der Waals surface area contributed by atoms with Crippen molar-refractivity contribution in [1.82, 2.24) is 0 Å².